The van der Waals surface area contributed by atoms with E-state index in [-0.39, 0.29) is 22.2 Å². The normalized spacial score (nSPS) is 11.6. The average Bonchev–Trinajstić information content (AvgIpc) is 2.84. The average molecular weight is 528 g/mol. The van der Waals surface area contributed by atoms with Crippen LogP contribution in [0.2, 0.25) is 5.02 Å². The van der Waals surface area contributed by atoms with E-state index in [4.69, 9.17) is 17.3 Å². The molecule has 2 rings (SSSR count). The van der Waals surface area contributed by atoms with Crippen LogP contribution in [-0.4, -0.2) is 16.5 Å². The highest BCUT2D eigenvalue weighted by Crippen LogP contribution is 2.37. The second-order valence-corrected chi connectivity index (χ2v) is 9.73. The molecule has 1 aromatic heterocycles. The molecular weight excluding hydrogens is 487 g/mol. The van der Waals surface area contributed by atoms with E-state index in [1.54, 1.807) is 0 Å². The molecule has 0 aliphatic heterocycles. The van der Waals surface area contributed by atoms with Crippen LogP contribution in [0.4, 0.5) is 36.2 Å². The lowest BCUT2D eigenvalue weighted by atomic mass is 10.0. The van der Waals surface area contributed by atoms with Crippen LogP contribution in [-0.2, 0) is 6.18 Å². The van der Waals surface area contributed by atoms with Gasteiger partial charge in [-0.2, -0.15) is 13.2 Å². The van der Waals surface area contributed by atoms with Crippen molar-refractivity contribution in [2.24, 2.45) is 0 Å². The summed E-state index contributed by atoms with van der Waals surface area (Å²) in [6.45, 7) is 2.98. The zero-order valence-electron chi connectivity index (χ0n) is 21.4. The Hall–Kier alpha value is -2.22. The highest BCUT2D eigenvalue weighted by atomic mass is 35.5. The topological polar surface area (TPSA) is 75.9 Å². The molecule has 0 amide bonds. The highest BCUT2D eigenvalue weighted by Gasteiger charge is 2.33. The van der Waals surface area contributed by atoms with Crippen LogP contribution in [0, 0.1) is 0 Å². The number of rotatable bonds is 18. The van der Waals surface area contributed by atoms with Crippen molar-refractivity contribution >= 4 is 34.6 Å². The Labute approximate surface area is 218 Å². The van der Waals surface area contributed by atoms with Crippen molar-refractivity contribution in [3.05, 3.63) is 35.1 Å². The van der Waals surface area contributed by atoms with Gasteiger partial charge >= 0.3 is 6.18 Å². The van der Waals surface area contributed by atoms with E-state index in [2.05, 4.69) is 27.5 Å². The number of halogens is 4. The Kier molecular flexibility index (Phi) is 13.8. The van der Waals surface area contributed by atoms with Gasteiger partial charge in [0.1, 0.15) is 12.0 Å². The van der Waals surface area contributed by atoms with Gasteiger partial charge in [0.2, 0.25) is 0 Å². The molecule has 0 bridgehead atoms. The fourth-order valence-corrected chi connectivity index (χ4v) is 4.34. The molecule has 0 aliphatic rings. The molecule has 4 N–H and O–H groups in total. The second-order valence-electron chi connectivity index (χ2n) is 9.32. The van der Waals surface area contributed by atoms with Crippen LogP contribution in [0.3, 0.4) is 0 Å². The maximum Gasteiger partial charge on any atom is 0.417 e. The summed E-state index contributed by atoms with van der Waals surface area (Å²) in [6.07, 6.45) is 15.0. The lowest BCUT2D eigenvalue weighted by molar-refractivity contribution is -0.137. The van der Waals surface area contributed by atoms with Gasteiger partial charge < -0.3 is 16.4 Å². The fraction of sp³-hybridized carbons (Fsp3) is 0.630. The first kappa shape index (κ1) is 30.0. The Balaban J connectivity index is 1.63. The number of nitrogens with two attached hydrogens (primary N) is 1. The Morgan fingerprint density at radius 1 is 0.806 bits per heavy atom. The lowest BCUT2D eigenvalue weighted by Crippen LogP contribution is -2.10. The maximum atomic E-state index is 13.1. The summed E-state index contributed by atoms with van der Waals surface area (Å²) >= 11 is 5.69. The Morgan fingerprint density at radius 3 is 1.89 bits per heavy atom. The third kappa shape index (κ3) is 11.2. The van der Waals surface area contributed by atoms with Crippen LogP contribution >= 0.6 is 11.6 Å². The number of unbranched alkanes of at least 4 members (excludes halogenated alkanes) is 13. The predicted molar refractivity (Wildman–Crippen MR) is 145 cm³/mol. The summed E-state index contributed by atoms with van der Waals surface area (Å²) < 4.78 is 39.3. The van der Waals surface area contributed by atoms with Gasteiger partial charge in [-0.3, -0.25) is 0 Å². The molecule has 0 aliphatic carbocycles. The molecule has 0 saturated carbocycles. The van der Waals surface area contributed by atoms with Gasteiger partial charge in [0, 0.05) is 12.2 Å². The van der Waals surface area contributed by atoms with Crippen molar-refractivity contribution in [3.63, 3.8) is 0 Å². The first-order chi connectivity index (χ1) is 17.3. The number of benzene rings is 1. The van der Waals surface area contributed by atoms with Gasteiger partial charge in [0.25, 0.3) is 0 Å². The largest absolute Gasteiger partial charge is 0.417 e. The van der Waals surface area contributed by atoms with Crippen molar-refractivity contribution in [1.29, 1.82) is 0 Å². The molecule has 2 aromatic rings. The van der Waals surface area contributed by atoms with Crippen molar-refractivity contribution in [2.45, 2.75) is 103 Å². The second kappa shape index (κ2) is 16.5. The van der Waals surface area contributed by atoms with Crippen molar-refractivity contribution < 1.29 is 13.2 Å². The fourth-order valence-electron chi connectivity index (χ4n) is 4.12. The summed E-state index contributed by atoms with van der Waals surface area (Å²) in [7, 11) is 0. The third-order valence-electron chi connectivity index (χ3n) is 6.24. The summed E-state index contributed by atoms with van der Waals surface area (Å²) in [6, 6.07) is 3.57. The van der Waals surface area contributed by atoms with Gasteiger partial charge in [0.05, 0.1) is 10.6 Å². The molecule has 1 aromatic carbocycles. The van der Waals surface area contributed by atoms with Gasteiger partial charge in [-0.25, -0.2) is 9.97 Å². The van der Waals surface area contributed by atoms with Crippen molar-refractivity contribution in [2.75, 3.05) is 22.9 Å². The van der Waals surface area contributed by atoms with Gasteiger partial charge in [-0.1, -0.05) is 102 Å². The summed E-state index contributed by atoms with van der Waals surface area (Å²) in [5, 5.41) is 5.68. The number of nitrogen functional groups attached to an aromatic ring is 1. The standard InChI is InChI=1S/C27H41ClF3N5/c1-2-3-4-5-6-7-8-9-10-11-12-13-14-15-18-33-25-24(32)26(35-20-34-25)36-21-16-17-23(28)22(19-21)27(29,30)31/h16-17,19-20H,2-15,18,32H2,1H3,(H2,33,34,35,36). The zero-order valence-corrected chi connectivity index (χ0v) is 22.2. The van der Waals surface area contributed by atoms with Crippen molar-refractivity contribution in [3.8, 4) is 0 Å². The van der Waals surface area contributed by atoms with Crippen LogP contribution in [0.25, 0.3) is 0 Å². The van der Waals surface area contributed by atoms with Crippen LogP contribution in [0.1, 0.15) is 102 Å². The number of aromatic nitrogens is 2. The number of nitrogens with one attached hydrogen (secondary N) is 2. The zero-order chi connectivity index (χ0) is 26.2. The number of hydrogen-bond donors (Lipinski definition) is 3. The molecule has 5 nitrogen and oxygen atoms in total. The molecule has 0 atom stereocenters. The quantitative estimate of drug-likeness (QED) is 0.168. The molecule has 0 spiro atoms. The number of alkyl halides is 3. The first-order valence-electron chi connectivity index (χ1n) is 13.3. The summed E-state index contributed by atoms with van der Waals surface area (Å²) in [4.78, 5) is 8.23. The van der Waals surface area contributed by atoms with Gasteiger partial charge in [-0.15, -0.1) is 0 Å². The number of hydrogen-bond acceptors (Lipinski definition) is 5. The monoisotopic (exact) mass is 527 g/mol. The van der Waals surface area contributed by atoms with E-state index in [0.29, 0.717) is 5.82 Å². The van der Waals surface area contributed by atoms with Crippen LogP contribution in [0.15, 0.2) is 24.5 Å². The molecule has 202 valence electrons. The minimum absolute atomic E-state index is 0.190. The van der Waals surface area contributed by atoms with E-state index in [1.165, 1.54) is 95.5 Å². The van der Waals surface area contributed by atoms with Gasteiger partial charge in [-0.05, 0) is 24.6 Å². The predicted octanol–water partition coefficient (Wildman–Crippen LogP) is 9.37. The molecule has 0 radical (unpaired) electrons. The maximum absolute atomic E-state index is 13.1. The molecule has 1 heterocycles. The van der Waals surface area contributed by atoms with E-state index in [9.17, 15) is 13.2 Å². The Bertz CT molecular complexity index is 892. The van der Waals surface area contributed by atoms with E-state index in [1.807, 2.05) is 0 Å². The molecule has 9 heteroatoms. The van der Waals surface area contributed by atoms with E-state index >= 15 is 0 Å². The van der Waals surface area contributed by atoms with Crippen LogP contribution in [0.5, 0.6) is 0 Å². The minimum Gasteiger partial charge on any atom is -0.393 e. The first-order valence-corrected chi connectivity index (χ1v) is 13.7. The van der Waals surface area contributed by atoms with E-state index in [0.717, 1.165) is 25.5 Å². The van der Waals surface area contributed by atoms with Crippen molar-refractivity contribution in [1.82, 2.24) is 9.97 Å². The third-order valence-corrected chi connectivity index (χ3v) is 6.57. The number of nitrogens with zero attached hydrogens (tertiary/aromatic N) is 2. The minimum atomic E-state index is -4.55. The molecule has 0 saturated heterocycles. The Morgan fingerprint density at radius 2 is 1.33 bits per heavy atom. The summed E-state index contributed by atoms with van der Waals surface area (Å²) in [5.41, 5.74) is 5.67. The number of anilines is 4. The highest BCUT2D eigenvalue weighted by molar-refractivity contribution is 6.31. The van der Waals surface area contributed by atoms with Crippen LogP contribution < -0.4 is 16.4 Å². The summed E-state index contributed by atoms with van der Waals surface area (Å²) in [5.74, 6) is 0.705. The molecule has 36 heavy (non-hydrogen) atoms. The smallest absolute Gasteiger partial charge is 0.393 e. The SMILES string of the molecule is CCCCCCCCCCCCCCCCNc1ncnc(Nc2ccc(Cl)c(C(F)(F)F)c2)c1N. The molecule has 0 unspecified atom stereocenters. The molecule has 0 fully saturated rings. The van der Waals surface area contributed by atoms with Gasteiger partial charge in [0.15, 0.2) is 11.6 Å². The van der Waals surface area contributed by atoms with E-state index < -0.39 is 11.7 Å². The lowest BCUT2D eigenvalue weighted by Gasteiger charge is -2.14. The molecular formula is C27H41ClF3N5.